The number of ether oxygens (including phenoxy) is 2. The fourth-order valence-electron chi connectivity index (χ4n) is 1.98. The zero-order chi connectivity index (χ0) is 17.4. The Bertz CT molecular complexity index is 718. The molecule has 0 heterocycles. The summed E-state index contributed by atoms with van der Waals surface area (Å²) in [6.45, 7) is 2.10. The van der Waals surface area contributed by atoms with Crippen LogP contribution in [0.3, 0.4) is 0 Å². The van der Waals surface area contributed by atoms with Gasteiger partial charge in [-0.25, -0.2) is 4.79 Å². The minimum absolute atomic E-state index is 0.201. The second kappa shape index (κ2) is 8.53. The fraction of sp³-hybridized carbons (Fsp3) is 0.158. The van der Waals surface area contributed by atoms with E-state index in [9.17, 15) is 9.59 Å². The Hall–Kier alpha value is -3.08. The number of carbonyl (C=O) groups excluding carboxylic acids is 2. The number of hydrogen-bond acceptors (Lipinski definition) is 4. The largest absolute Gasteiger partial charge is 0.497 e. The van der Waals surface area contributed by atoms with Crippen molar-refractivity contribution in [2.24, 2.45) is 0 Å². The number of hydrogen-bond donors (Lipinski definition) is 1. The molecule has 0 atom stereocenters. The van der Waals surface area contributed by atoms with Gasteiger partial charge < -0.3 is 14.8 Å². The zero-order valence-corrected chi connectivity index (χ0v) is 13.6. The van der Waals surface area contributed by atoms with Gasteiger partial charge in [-0.05, 0) is 55.0 Å². The van der Waals surface area contributed by atoms with Crippen LogP contribution in [0.15, 0.2) is 54.6 Å². The molecule has 0 saturated carbocycles. The van der Waals surface area contributed by atoms with Crippen LogP contribution in [0.5, 0.6) is 5.75 Å². The van der Waals surface area contributed by atoms with Crippen LogP contribution < -0.4 is 10.1 Å². The molecule has 2 rings (SSSR count). The Labute approximate surface area is 140 Å². The van der Waals surface area contributed by atoms with Crippen LogP contribution in [0.2, 0.25) is 0 Å². The normalized spacial score (nSPS) is 10.4. The van der Waals surface area contributed by atoms with Crippen LogP contribution in [0.25, 0.3) is 6.08 Å². The highest BCUT2D eigenvalue weighted by Gasteiger charge is 2.06. The number of nitrogens with one attached hydrogen (secondary N) is 1. The van der Waals surface area contributed by atoms with E-state index >= 15 is 0 Å². The molecule has 0 radical (unpaired) electrons. The first kappa shape index (κ1) is 17.3. The molecule has 0 aliphatic rings. The molecule has 0 aromatic heterocycles. The third-order valence-electron chi connectivity index (χ3n) is 3.22. The molecule has 0 bridgehead atoms. The van der Waals surface area contributed by atoms with Crippen LogP contribution in [0, 0.1) is 0 Å². The standard InChI is InChI=1S/C19H19NO4/c1-3-24-18(21)13-6-14-4-9-16(10-5-14)20-19(22)15-7-11-17(23-2)12-8-15/h4-13H,3H2,1-2H3,(H,20,22)/b13-6+. The van der Waals surface area contributed by atoms with E-state index in [1.54, 1.807) is 68.6 Å². The van der Waals surface area contributed by atoms with Gasteiger partial charge >= 0.3 is 5.97 Å². The van der Waals surface area contributed by atoms with E-state index in [1.807, 2.05) is 0 Å². The number of carbonyl (C=O) groups is 2. The minimum Gasteiger partial charge on any atom is -0.497 e. The molecule has 0 aliphatic heterocycles. The van der Waals surface area contributed by atoms with Crippen molar-refractivity contribution in [1.82, 2.24) is 0 Å². The van der Waals surface area contributed by atoms with E-state index in [4.69, 9.17) is 9.47 Å². The second-order valence-corrected chi connectivity index (χ2v) is 4.89. The molecule has 24 heavy (non-hydrogen) atoms. The highest BCUT2D eigenvalue weighted by atomic mass is 16.5. The van der Waals surface area contributed by atoms with Gasteiger partial charge in [-0.15, -0.1) is 0 Å². The van der Waals surface area contributed by atoms with Crippen LogP contribution in [-0.4, -0.2) is 25.6 Å². The van der Waals surface area contributed by atoms with Gasteiger partial charge in [-0.3, -0.25) is 4.79 Å². The SMILES string of the molecule is CCOC(=O)/C=C/c1ccc(NC(=O)c2ccc(OC)cc2)cc1. The molecule has 2 aromatic rings. The monoisotopic (exact) mass is 325 g/mol. The summed E-state index contributed by atoms with van der Waals surface area (Å²) in [6.07, 6.45) is 3.03. The van der Waals surface area contributed by atoms with E-state index < -0.39 is 0 Å². The minimum atomic E-state index is -0.380. The molecule has 1 amide bonds. The van der Waals surface area contributed by atoms with Crippen molar-refractivity contribution in [2.45, 2.75) is 6.92 Å². The summed E-state index contributed by atoms with van der Waals surface area (Å²) in [5.74, 6) is 0.117. The summed E-state index contributed by atoms with van der Waals surface area (Å²) in [5.41, 5.74) is 2.05. The van der Waals surface area contributed by atoms with Crippen molar-refractivity contribution in [2.75, 3.05) is 19.0 Å². The van der Waals surface area contributed by atoms with Crippen molar-refractivity contribution in [3.05, 3.63) is 65.7 Å². The lowest BCUT2D eigenvalue weighted by atomic mass is 10.1. The Morgan fingerprint density at radius 3 is 2.29 bits per heavy atom. The van der Waals surface area contributed by atoms with Crippen LogP contribution >= 0.6 is 0 Å². The Balaban J connectivity index is 1.97. The summed E-state index contributed by atoms with van der Waals surface area (Å²) in [7, 11) is 1.58. The van der Waals surface area contributed by atoms with Gasteiger partial charge in [-0.1, -0.05) is 12.1 Å². The first-order valence-corrected chi connectivity index (χ1v) is 7.52. The summed E-state index contributed by atoms with van der Waals surface area (Å²) in [6, 6.07) is 14.0. The average molecular weight is 325 g/mol. The van der Waals surface area contributed by atoms with Crippen molar-refractivity contribution >= 4 is 23.6 Å². The highest BCUT2D eigenvalue weighted by molar-refractivity contribution is 6.04. The summed E-state index contributed by atoms with van der Waals surface area (Å²) in [5, 5.41) is 2.81. The molecule has 5 heteroatoms. The first-order chi connectivity index (χ1) is 11.6. The third kappa shape index (κ3) is 4.98. The zero-order valence-electron chi connectivity index (χ0n) is 13.6. The van der Waals surface area contributed by atoms with Crippen molar-refractivity contribution in [1.29, 1.82) is 0 Å². The van der Waals surface area contributed by atoms with E-state index in [1.165, 1.54) is 6.08 Å². The van der Waals surface area contributed by atoms with E-state index in [0.717, 1.165) is 5.56 Å². The number of amides is 1. The lowest BCUT2D eigenvalue weighted by Crippen LogP contribution is -2.11. The van der Waals surface area contributed by atoms with Gasteiger partial charge in [0.25, 0.3) is 5.91 Å². The summed E-state index contributed by atoms with van der Waals surface area (Å²) >= 11 is 0. The predicted molar refractivity (Wildman–Crippen MR) is 93.1 cm³/mol. The molecule has 0 unspecified atom stereocenters. The molecule has 124 valence electrons. The Morgan fingerprint density at radius 1 is 1.04 bits per heavy atom. The second-order valence-electron chi connectivity index (χ2n) is 4.89. The number of esters is 1. The molecule has 2 aromatic carbocycles. The van der Waals surface area contributed by atoms with Gasteiger partial charge in [-0.2, -0.15) is 0 Å². The van der Waals surface area contributed by atoms with Gasteiger partial charge in [0.1, 0.15) is 5.75 Å². The lowest BCUT2D eigenvalue weighted by Gasteiger charge is -2.06. The summed E-state index contributed by atoms with van der Waals surface area (Å²) in [4.78, 5) is 23.4. The van der Waals surface area contributed by atoms with Crippen molar-refractivity contribution < 1.29 is 19.1 Å². The number of rotatable bonds is 6. The molecular formula is C19H19NO4. The molecule has 0 aliphatic carbocycles. The average Bonchev–Trinajstić information content (AvgIpc) is 2.61. The molecule has 5 nitrogen and oxygen atoms in total. The lowest BCUT2D eigenvalue weighted by molar-refractivity contribution is -0.137. The van der Waals surface area contributed by atoms with E-state index in [-0.39, 0.29) is 11.9 Å². The fourth-order valence-corrected chi connectivity index (χ4v) is 1.98. The van der Waals surface area contributed by atoms with Crippen LogP contribution in [0.1, 0.15) is 22.8 Å². The van der Waals surface area contributed by atoms with Gasteiger partial charge in [0.05, 0.1) is 13.7 Å². The maximum absolute atomic E-state index is 12.2. The number of benzene rings is 2. The third-order valence-corrected chi connectivity index (χ3v) is 3.22. The molecule has 0 saturated heterocycles. The molecule has 0 spiro atoms. The predicted octanol–water partition coefficient (Wildman–Crippen LogP) is 3.52. The topological polar surface area (TPSA) is 64.6 Å². The van der Waals surface area contributed by atoms with Crippen molar-refractivity contribution in [3.8, 4) is 5.75 Å². The first-order valence-electron chi connectivity index (χ1n) is 7.52. The van der Waals surface area contributed by atoms with Crippen molar-refractivity contribution in [3.63, 3.8) is 0 Å². The Morgan fingerprint density at radius 2 is 1.71 bits per heavy atom. The summed E-state index contributed by atoms with van der Waals surface area (Å²) < 4.78 is 9.88. The number of methoxy groups -OCH3 is 1. The Kier molecular flexibility index (Phi) is 6.14. The quantitative estimate of drug-likeness (QED) is 0.652. The smallest absolute Gasteiger partial charge is 0.330 e. The van der Waals surface area contributed by atoms with Gasteiger partial charge in [0.2, 0.25) is 0 Å². The van der Waals surface area contributed by atoms with Crippen LogP contribution in [-0.2, 0) is 9.53 Å². The van der Waals surface area contributed by atoms with E-state index in [2.05, 4.69) is 5.32 Å². The number of anilines is 1. The maximum atomic E-state index is 12.2. The van der Waals surface area contributed by atoms with Crippen LogP contribution in [0.4, 0.5) is 5.69 Å². The molecular weight excluding hydrogens is 306 g/mol. The van der Waals surface area contributed by atoms with E-state index in [0.29, 0.717) is 23.6 Å². The van der Waals surface area contributed by atoms with Gasteiger partial charge in [0.15, 0.2) is 0 Å². The molecule has 1 N–H and O–H groups in total. The van der Waals surface area contributed by atoms with Gasteiger partial charge in [0, 0.05) is 17.3 Å². The molecule has 0 fully saturated rings. The maximum Gasteiger partial charge on any atom is 0.330 e. The highest BCUT2D eigenvalue weighted by Crippen LogP contribution is 2.15.